The van der Waals surface area contributed by atoms with E-state index in [4.69, 9.17) is 5.11 Å². The van der Waals surface area contributed by atoms with Gasteiger partial charge in [-0.25, -0.2) is 4.39 Å². The molecule has 5 nitrogen and oxygen atoms in total. The van der Waals surface area contributed by atoms with Crippen molar-refractivity contribution in [3.63, 3.8) is 0 Å². The van der Waals surface area contributed by atoms with Crippen molar-refractivity contribution in [3.05, 3.63) is 39.7 Å². The van der Waals surface area contributed by atoms with Crippen molar-refractivity contribution in [2.24, 2.45) is 0 Å². The van der Waals surface area contributed by atoms with Gasteiger partial charge in [0.15, 0.2) is 0 Å². The minimum absolute atomic E-state index is 0.0113. The Labute approximate surface area is 105 Å². The predicted octanol–water partition coefficient (Wildman–Crippen LogP) is 1.94. The fourth-order valence-corrected chi connectivity index (χ4v) is 1.82. The summed E-state index contributed by atoms with van der Waals surface area (Å²) in [7, 11) is 0. The lowest BCUT2D eigenvalue weighted by atomic mass is 10.1. The first-order chi connectivity index (χ1) is 8.56. The van der Waals surface area contributed by atoms with E-state index in [9.17, 15) is 14.5 Å². The Morgan fingerprint density at radius 2 is 2.11 bits per heavy atom. The molecular formula is C12H17FN2O3. The Kier molecular flexibility index (Phi) is 5.67. The lowest BCUT2D eigenvalue weighted by molar-refractivity contribution is -0.385. The molecule has 0 heterocycles. The first kappa shape index (κ1) is 14.5. The van der Waals surface area contributed by atoms with Crippen LogP contribution >= 0.6 is 0 Å². The standard InChI is InChI=1S/C12H17FN2O3/c1-2-3-14(4-5-16)9-10-6-11(13)8-12(7-10)15(17)18/h6-8,16H,2-5,9H2,1H3. The molecule has 0 fully saturated rings. The van der Waals surface area contributed by atoms with E-state index in [0.717, 1.165) is 19.0 Å². The second kappa shape index (κ2) is 7.03. The summed E-state index contributed by atoms with van der Waals surface area (Å²) in [6, 6.07) is 3.55. The minimum atomic E-state index is -0.611. The van der Waals surface area contributed by atoms with Gasteiger partial charge in [-0.15, -0.1) is 0 Å². The van der Waals surface area contributed by atoms with Crippen LogP contribution in [-0.2, 0) is 6.54 Å². The highest BCUT2D eigenvalue weighted by Gasteiger charge is 2.12. The molecule has 0 radical (unpaired) electrons. The molecule has 0 amide bonds. The van der Waals surface area contributed by atoms with Gasteiger partial charge in [-0.05, 0) is 24.6 Å². The van der Waals surface area contributed by atoms with Crippen LogP contribution in [0.15, 0.2) is 18.2 Å². The maximum Gasteiger partial charge on any atom is 0.272 e. The SMILES string of the molecule is CCCN(CCO)Cc1cc(F)cc([N+](=O)[O-])c1. The first-order valence-electron chi connectivity index (χ1n) is 5.84. The molecule has 0 aromatic heterocycles. The number of nitrogens with zero attached hydrogens (tertiary/aromatic N) is 2. The first-order valence-corrected chi connectivity index (χ1v) is 5.84. The molecule has 0 aliphatic rings. The average Bonchev–Trinajstić information content (AvgIpc) is 2.28. The predicted molar refractivity (Wildman–Crippen MR) is 65.7 cm³/mol. The van der Waals surface area contributed by atoms with Gasteiger partial charge in [0.1, 0.15) is 5.82 Å². The van der Waals surface area contributed by atoms with Gasteiger partial charge in [-0.2, -0.15) is 0 Å². The number of halogens is 1. The third-order valence-electron chi connectivity index (χ3n) is 2.52. The zero-order valence-corrected chi connectivity index (χ0v) is 10.3. The number of non-ortho nitro benzene ring substituents is 1. The van der Waals surface area contributed by atoms with Crippen LogP contribution in [-0.4, -0.2) is 34.6 Å². The zero-order chi connectivity index (χ0) is 13.5. The highest BCUT2D eigenvalue weighted by Crippen LogP contribution is 2.17. The van der Waals surface area contributed by atoms with E-state index in [0.29, 0.717) is 18.7 Å². The minimum Gasteiger partial charge on any atom is -0.395 e. The number of hydrogen-bond donors (Lipinski definition) is 1. The zero-order valence-electron chi connectivity index (χ0n) is 10.3. The van der Waals surface area contributed by atoms with E-state index < -0.39 is 10.7 Å². The van der Waals surface area contributed by atoms with Crippen molar-refractivity contribution in [1.29, 1.82) is 0 Å². The topological polar surface area (TPSA) is 66.6 Å². The second-order valence-corrected chi connectivity index (χ2v) is 4.07. The summed E-state index contributed by atoms with van der Waals surface area (Å²) in [6.45, 7) is 3.63. The number of aliphatic hydroxyl groups is 1. The van der Waals surface area contributed by atoms with Crippen molar-refractivity contribution in [2.45, 2.75) is 19.9 Å². The van der Waals surface area contributed by atoms with Gasteiger partial charge in [0, 0.05) is 19.2 Å². The summed E-state index contributed by atoms with van der Waals surface area (Å²) in [5.41, 5.74) is 0.300. The van der Waals surface area contributed by atoms with Crippen molar-refractivity contribution in [3.8, 4) is 0 Å². The fraction of sp³-hybridized carbons (Fsp3) is 0.500. The maximum atomic E-state index is 13.2. The van der Waals surface area contributed by atoms with Gasteiger partial charge < -0.3 is 5.11 Å². The van der Waals surface area contributed by atoms with Crippen LogP contribution in [0.3, 0.4) is 0 Å². The summed E-state index contributed by atoms with van der Waals surface area (Å²) >= 11 is 0. The Bertz CT molecular complexity index is 406. The molecule has 0 saturated heterocycles. The lowest BCUT2D eigenvalue weighted by Gasteiger charge is -2.20. The summed E-state index contributed by atoms with van der Waals surface area (Å²) in [6.07, 6.45) is 0.900. The van der Waals surface area contributed by atoms with Gasteiger partial charge >= 0.3 is 0 Å². The van der Waals surface area contributed by atoms with E-state index in [1.54, 1.807) is 0 Å². The maximum absolute atomic E-state index is 13.2. The van der Waals surface area contributed by atoms with Crippen LogP contribution in [0.2, 0.25) is 0 Å². The number of nitro benzene ring substituents is 1. The number of aliphatic hydroxyl groups excluding tert-OH is 1. The molecule has 1 aromatic carbocycles. The third-order valence-corrected chi connectivity index (χ3v) is 2.52. The van der Waals surface area contributed by atoms with Crippen LogP contribution < -0.4 is 0 Å². The number of nitro groups is 1. The molecule has 1 rings (SSSR count). The van der Waals surface area contributed by atoms with Crippen LogP contribution in [0, 0.1) is 15.9 Å². The Morgan fingerprint density at radius 3 is 2.67 bits per heavy atom. The van der Waals surface area contributed by atoms with E-state index in [2.05, 4.69) is 0 Å². The van der Waals surface area contributed by atoms with E-state index in [1.165, 1.54) is 12.1 Å². The summed E-state index contributed by atoms with van der Waals surface area (Å²) in [5, 5.41) is 19.5. The number of benzene rings is 1. The smallest absolute Gasteiger partial charge is 0.272 e. The normalized spacial score (nSPS) is 10.9. The third kappa shape index (κ3) is 4.38. The van der Waals surface area contributed by atoms with E-state index >= 15 is 0 Å². The molecule has 0 saturated carbocycles. The van der Waals surface area contributed by atoms with Crippen molar-refractivity contribution in [1.82, 2.24) is 4.90 Å². The number of hydrogen-bond acceptors (Lipinski definition) is 4. The quantitative estimate of drug-likeness (QED) is 0.598. The molecule has 0 aliphatic carbocycles. The van der Waals surface area contributed by atoms with Crippen molar-refractivity contribution in [2.75, 3.05) is 19.7 Å². The molecule has 18 heavy (non-hydrogen) atoms. The summed E-state index contributed by atoms with van der Waals surface area (Å²) in [5.74, 6) is -0.611. The van der Waals surface area contributed by atoms with Crippen LogP contribution in [0.1, 0.15) is 18.9 Å². The van der Waals surface area contributed by atoms with E-state index in [1.807, 2.05) is 11.8 Å². The Hall–Kier alpha value is -1.53. The summed E-state index contributed by atoms with van der Waals surface area (Å²) < 4.78 is 13.2. The molecule has 6 heteroatoms. The van der Waals surface area contributed by atoms with Gasteiger partial charge in [0.2, 0.25) is 0 Å². The molecule has 0 atom stereocenters. The van der Waals surface area contributed by atoms with Gasteiger partial charge in [0.05, 0.1) is 17.6 Å². The Morgan fingerprint density at radius 1 is 1.39 bits per heavy atom. The van der Waals surface area contributed by atoms with Crippen LogP contribution in [0.5, 0.6) is 0 Å². The average molecular weight is 256 g/mol. The Balaban J connectivity index is 2.84. The van der Waals surface area contributed by atoms with Crippen molar-refractivity contribution >= 4 is 5.69 Å². The molecular weight excluding hydrogens is 239 g/mol. The molecule has 1 aromatic rings. The highest BCUT2D eigenvalue weighted by molar-refractivity contribution is 5.35. The number of rotatable bonds is 7. The molecule has 0 bridgehead atoms. The molecule has 0 aliphatic heterocycles. The molecule has 100 valence electrons. The van der Waals surface area contributed by atoms with Gasteiger partial charge in [0.25, 0.3) is 5.69 Å². The van der Waals surface area contributed by atoms with E-state index in [-0.39, 0.29) is 12.3 Å². The summed E-state index contributed by atoms with van der Waals surface area (Å²) in [4.78, 5) is 11.9. The van der Waals surface area contributed by atoms with Crippen LogP contribution in [0.4, 0.5) is 10.1 Å². The monoisotopic (exact) mass is 256 g/mol. The van der Waals surface area contributed by atoms with Gasteiger partial charge in [-0.3, -0.25) is 15.0 Å². The molecule has 0 unspecified atom stereocenters. The highest BCUT2D eigenvalue weighted by atomic mass is 19.1. The van der Waals surface area contributed by atoms with Crippen LogP contribution in [0.25, 0.3) is 0 Å². The molecule has 1 N–H and O–H groups in total. The second-order valence-electron chi connectivity index (χ2n) is 4.07. The van der Waals surface area contributed by atoms with Crippen molar-refractivity contribution < 1.29 is 14.4 Å². The fourth-order valence-electron chi connectivity index (χ4n) is 1.82. The largest absolute Gasteiger partial charge is 0.395 e. The lowest BCUT2D eigenvalue weighted by Crippen LogP contribution is -2.27. The molecule has 0 spiro atoms. The van der Waals surface area contributed by atoms with Gasteiger partial charge in [-0.1, -0.05) is 6.92 Å².